The molecule has 2 saturated carbocycles. The Bertz CT molecular complexity index is 758. The lowest BCUT2D eigenvalue weighted by molar-refractivity contribution is -0.139. The number of nitrogens with zero attached hydrogens (tertiary/aromatic N) is 2. The van der Waals surface area contributed by atoms with E-state index in [1.807, 2.05) is 0 Å². The zero-order valence-corrected chi connectivity index (χ0v) is 16.5. The van der Waals surface area contributed by atoms with Crippen molar-refractivity contribution in [1.82, 2.24) is 9.80 Å². The number of carbonyl (C=O) groups excluding carboxylic acids is 1. The number of amides is 1. The smallest absolute Gasteiger partial charge is 0.226 e. The average molecular weight is 375 g/mol. The first-order valence-corrected chi connectivity index (χ1v) is 10.9. The first-order valence-electron chi connectivity index (χ1n) is 10.9. The highest BCUT2D eigenvalue weighted by Gasteiger charge is 2.44. The van der Waals surface area contributed by atoms with E-state index in [-0.39, 0.29) is 6.04 Å². The Balaban J connectivity index is 1.29. The standard InChI is InChI=1S/C25H30N2O/c28-25(23-18-19-11-12-22(23)17-19)27-15-13-26(14-16-27)24(20-7-3-1-4-8-20)21-9-5-2-6-10-21/h1-10,19,22-24H,11-18H2/t19-,22-,23+/m1/s1. The summed E-state index contributed by atoms with van der Waals surface area (Å²) < 4.78 is 0. The maximum atomic E-state index is 13.1. The van der Waals surface area contributed by atoms with Crippen LogP contribution in [0.5, 0.6) is 0 Å². The summed E-state index contributed by atoms with van der Waals surface area (Å²) in [5, 5.41) is 0. The van der Waals surface area contributed by atoms with E-state index in [0.717, 1.165) is 38.5 Å². The Morgan fingerprint density at radius 1 is 0.786 bits per heavy atom. The SMILES string of the molecule is O=C([C@H]1C[C@@H]2CC[C@@H]1C2)N1CCN(C(c2ccccc2)c2ccccc2)CC1. The number of fused-ring (bicyclic) bond motifs is 2. The molecular weight excluding hydrogens is 344 g/mol. The second-order valence-electron chi connectivity index (χ2n) is 8.87. The van der Waals surface area contributed by atoms with Crippen LogP contribution in [0.2, 0.25) is 0 Å². The Labute approximate surface area is 168 Å². The number of piperazine rings is 1. The van der Waals surface area contributed by atoms with E-state index in [9.17, 15) is 4.79 Å². The van der Waals surface area contributed by atoms with Gasteiger partial charge in [-0.05, 0) is 42.2 Å². The summed E-state index contributed by atoms with van der Waals surface area (Å²) >= 11 is 0. The van der Waals surface area contributed by atoms with Crippen molar-refractivity contribution in [2.75, 3.05) is 26.2 Å². The Morgan fingerprint density at radius 2 is 1.39 bits per heavy atom. The fourth-order valence-corrected chi connectivity index (χ4v) is 5.87. The number of carbonyl (C=O) groups is 1. The molecule has 1 aliphatic heterocycles. The quantitative estimate of drug-likeness (QED) is 0.794. The van der Waals surface area contributed by atoms with Crippen molar-refractivity contribution < 1.29 is 4.79 Å². The summed E-state index contributed by atoms with van der Waals surface area (Å²) in [6.45, 7) is 3.62. The van der Waals surface area contributed by atoms with Crippen LogP contribution in [-0.4, -0.2) is 41.9 Å². The third-order valence-electron chi connectivity index (χ3n) is 7.28. The molecule has 3 atom stereocenters. The van der Waals surface area contributed by atoms with Gasteiger partial charge in [0.15, 0.2) is 0 Å². The summed E-state index contributed by atoms with van der Waals surface area (Å²) in [6, 6.07) is 21.8. The fraction of sp³-hybridized carbons (Fsp3) is 0.480. The van der Waals surface area contributed by atoms with Crippen LogP contribution in [0.1, 0.15) is 42.9 Å². The van der Waals surface area contributed by atoms with Gasteiger partial charge in [0.25, 0.3) is 0 Å². The largest absolute Gasteiger partial charge is 0.340 e. The molecule has 3 fully saturated rings. The normalized spacial score (nSPS) is 27.5. The molecule has 0 N–H and O–H groups in total. The molecule has 1 heterocycles. The van der Waals surface area contributed by atoms with E-state index in [2.05, 4.69) is 70.5 Å². The van der Waals surface area contributed by atoms with Crippen LogP contribution in [0.15, 0.2) is 60.7 Å². The van der Waals surface area contributed by atoms with Crippen LogP contribution in [0, 0.1) is 17.8 Å². The number of benzene rings is 2. The molecule has 3 aliphatic rings. The molecule has 3 heteroatoms. The Hall–Kier alpha value is -2.13. The summed E-state index contributed by atoms with van der Waals surface area (Å²) in [5.41, 5.74) is 2.67. The third-order valence-corrected chi connectivity index (χ3v) is 7.28. The van der Waals surface area contributed by atoms with E-state index < -0.39 is 0 Å². The monoisotopic (exact) mass is 374 g/mol. The zero-order chi connectivity index (χ0) is 18.9. The molecule has 0 spiro atoms. The van der Waals surface area contributed by atoms with Crippen molar-refractivity contribution in [2.45, 2.75) is 31.7 Å². The molecule has 28 heavy (non-hydrogen) atoms. The number of hydrogen-bond acceptors (Lipinski definition) is 2. The lowest BCUT2D eigenvalue weighted by Crippen LogP contribution is -2.51. The predicted octanol–water partition coefficient (Wildman–Crippen LogP) is 4.36. The van der Waals surface area contributed by atoms with Gasteiger partial charge in [-0.1, -0.05) is 67.1 Å². The van der Waals surface area contributed by atoms with Crippen molar-refractivity contribution in [1.29, 1.82) is 0 Å². The van der Waals surface area contributed by atoms with Gasteiger partial charge in [0.2, 0.25) is 5.91 Å². The number of rotatable bonds is 4. The Morgan fingerprint density at radius 3 is 1.89 bits per heavy atom. The number of hydrogen-bond donors (Lipinski definition) is 0. The van der Waals surface area contributed by atoms with Crippen molar-refractivity contribution in [3.05, 3.63) is 71.8 Å². The highest BCUT2D eigenvalue weighted by atomic mass is 16.2. The van der Waals surface area contributed by atoms with Gasteiger partial charge in [-0.25, -0.2) is 0 Å². The van der Waals surface area contributed by atoms with Gasteiger partial charge in [-0.3, -0.25) is 9.69 Å². The molecule has 1 saturated heterocycles. The van der Waals surface area contributed by atoms with Crippen molar-refractivity contribution in [2.24, 2.45) is 17.8 Å². The molecule has 0 aromatic heterocycles. The van der Waals surface area contributed by atoms with Gasteiger partial charge in [-0.15, -0.1) is 0 Å². The van der Waals surface area contributed by atoms with Crippen LogP contribution in [0.3, 0.4) is 0 Å². The first kappa shape index (κ1) is 17.9. The first-order chi connectivity index (χ1) is 13.8. The van der Waals surface area contributed by atoms with Crippen LogP contribution in [-0.2, 0) is 4.79 Å². The third kappa shape index (κ3) is 3.37. The molecule has 3 nitrogen and oxygen atoms in total. The molecule has 0 radical (unpaired) electrons. The molecule has 2 bridgehead atoms. The highest BCUT2D eigenvalue weighted by Crippen LogP contribution is 2.49. The van der Waals surface area contributed by atoms with E-state index in [0.29, 0.717) is 17.7 Å². The maximum Gasteiger partial charge on any atom is 0.226 e. The van der Waals surface area contributed by atoms with Crippen molar-refractivity contribution >= 4 is 5.91 Å². The topological polar surface area (TPSA) is 23.6 Å². The van der Waals surface area contributed by atoms with E-state index >= 15 is 0 Å². The van der Waals surface area contributed by atoms with Gasteiger partial charge < -0.3 is 4.90 Å². The second-order valence-corrected chi connectivity index (χ2v) is 8.87. The molecule has 2 aromatic rings. The van der Waals surface area contributed by atoms with Gasteiger partial charge in [0.1, 0.15) is 0 Å². The predicted molar refractivity (Wildman–Crippen MR) is 112 cm³/mol. The van der Waals surface area contributed by atoms with Crippen LogP contribution < -0.4 is 0 Å². The summed E-state index contributed by atoms with van der Waals surface area (Å²) in [6.07, 6.45) is 5.10. The van der Waals surface area contributed by atoms with Crippen LogP contribution >= 0.6 is 0 Å². The van der Waals surface area contributed by atoms with Gasteiger partial charge >= 0.3 is 0 Å². The summed E-state index contributed by atoms with van der Waals surface area (Å²) in [5.74, 6) is 2.28. The molecule has 1 amide bonds. The fourth-order valence-electron chi connectivity index (χ4n) is 5.87. The van der Waals surface area contributed by atoms with Crippen LogP contribution in [0.25, 0.3) is 0 Å². The Kier molecular flexibility index (Phi) is 4.94. The minimum atomic E-state index is 0.266. The van der Waals surface area contributed by atoms with Crippen molar-refractivity contribution in [3.63, 3.8) is 0 Å². The van der Waals surface area contributed by atoms with E-state index in [1.54, 1.807) is 0 Å². The van der Waals surface area contributed by atoms with Gasteiger partial charge in [-0.2, -0.15) is 0 Å². The lowest BCUT2D eigenvalue weighted by Gasteiger charge is -2.41. The summed E-state index contributed by atoms with van der Waals surface area (Å²) in [4.78, 5) is 17.8. The second kappa shape index (κ2) is 7.71. The highest BCUT2D eigenvalue weighted by molar-refractivity contribution is 5.79. The lowest BCUT2D eigenvalue weighted by atomic mass is 9.87. The molecular formula is C25H30N2O. The minimum Gasteiger partial charge on any atom is -0.340 e. The minimum absolute atomic E-state index is 0.266. The molecule has 5 rings (SSSR count). The molecule has 0 unspecified atom stereocenters. The van der Waals surface area contributed by atoms with Gasteiger partial charge in [0.05, 0.1) is 6.04 Å². The van der Waals surface area contributed by atoms with E-state index in [4.69, 9.17) is 0 Å². The molecule has 2 aliphatic carbocycles. The van der Waals surface area contributed by atoms with Crippen molar-refractivity contribution in [3.8, 4) is 0 Å². The van der Waals surface area contributed by atoms with E-state index in [1.165, 1.54) is 30.4 Å². The average Bonchev–Trinajstić information content (AvgIpc) is 3.39. The zero-order valence-electron chi connectivity index (χ0n) is 16.5. The maximum absolute atomic E-state index is 13.1. The van der Waals surface area contributed by atoms with Crippen LogP contribution in [0.4, 0.5) is 0 Å². The summed E-state index contributed by atoms with van der Waals surface area (Å²) in [7, 11) is 0. The van der Waals surface area contributed by atoms with Gasteiger partial charge in [0, 0.05) is 32.1 Å². The molecule has 146 valence electrons. The molecule has 2 aromatic carbocycles.